The van der Waals surface area contributed by atoms with Crippen LogP contribution in [0.5, 0.6) is 0 Å². The quantitative estimate of drug-likeness (QED) is 0.478. The van der Waals surface area contributed by atoms with Gasteiger partial charge in [0.05, 0.1) is 18.8 Å². The lowest BCUT2D eigenvalue weighted by molar-refractivity contribution is -0.205. The first-order chi connectivity index (χ1) is 4.38. The molecule has 2 atom stereocenters. The van der Waals surface area contributed by atoms with Crippen molar-refractivity contribution in [1.82, 2.24) is 4.90 Å². The van der Waals surface area contributed by atoms with Gasteiger partial charge in [0, 0.05) is 6.54 Å². The van der Waals surface area contributed by atoms with E-state index in [-0.39, 0.29) is 0 Å². The maximum Gasteiger partial charge on any atom is 0.0880 e. The van der Waals surface area contributed by atoms with Gasteiger partial charge >= 0.3 is 0 Å². The van der Waals surface area contributed by atoms with Crippen molar-refractivity contribution < 1.29 is 4.74 Å². The van der Waals surface area contributed by atoms with Crippen LogP contribution in [0, 0.1) is 0 Å². The van der Waals surface area contributed by atoms with Crippen molar-refractivity contribution in [2.75, 3.05) is 20.2 Å². The molecule has 0 saturated carbocycles. The highest BCUT2D eigenvalue weighted by Gasteiger charge is 2.44. The van der Waals surface area contributed by atoms with Gasteiger partial charge < -0.3 is 4.74 Å². The van der Waals surface area contributed by atoms with Gasteiger partial charge in [0.2, 0.25) is 0 Å². The Morgan fingerprint density at radius 1 is 1.44 bits per heavy atom. The van der Waals surface area contributed by atoms with Crippen molar-refractivity contribution in [3.63, 3.8) is 0 Å². The lowest BCUT2D eigenvalue weighted by atomic mass is 9.96. The molecule has 0 N–H and O–H groups in total. The normalized spacial score (nSPS) is 39.0. The predicted octanol–water partition coefficient (Wildman–Crippen LogP) is 0.725. The van der Waals surface area contributed by atoms with Crippen molar-refractivity contribution in [3.8, 4) is 0 Å². The Balaban J connectivity index is 0.000000186. The summed E-state index contributed by atoms with van der Waals surface area (Å²) in [5.74, 6) is 0. The molecule has 0 amide bonds. The second-order valence-electron chi connectivity index (χ2n) is 2.38. The lowest BCUT2D eigenvalue weighted by Gasteiger charge is -2.53. The highest BCUT2D eigenvalue weighted by atomic mass is 16.5. The Kier molecular flexibility index (Phi) is 2.09. The molecule has 2 unspecified atom stereocenters. The average molecular weight is 129 g/mol. The molecule has 2 fully saturated rings. The minimum atomic E-state index is 0.616. The summed E-state index contributed by atoms with van der Waals surface area (Å²) < 4.78 is 5.16. The van der Waals surface area contributed by atoms with Crippen molar-refractivity contribution >= 4 is 0 Å². The zero-order valence-corrected chi connectivity index (χ0v) is 6.42. The van der Waals surface area contributed by atoms with Crippen molar-refractivity contribution in [2.24, 2.45) is 0 Å². The van der Waals surface area contributed by atoms with Crippen LogP contribution in [0.2, 0.25) is 0 Å². The molecule has 0 bridgehead atoms. The van der Waals surface area contributed by atoms with E-state index in [9.17, 15) is 0 Å². The summed E-state index contributed by atoms with van der Waals surface area (Å²) in [5, 5.41) is 0. The number of hydrogen-bond acceptors (Lipinski definition) is 2. The lowest BCUT2D eigenvalue weighted by Crippen LogP contribution is -2.68. The summed E-state index contributed by atoms with van der Waals surface area (Å²) in [6.07, 6.45) is 0.616. The van der Waals surface area contributed by atoms with Gasteiger partial charge in [0.1, 0.15) is 0 Å². The Bertz CT molecular complexity index is 90.9. The summed E-state index contributed by atoms with van der Waals surface area (Å²) in [6.45, 7) is 6.13. The standard InChI is InChI=1S/C5H9NO.C2H6/c1-6-2-5-4(6)3-7-5;1-2/h4-5H,2-3H2,1H3;1-2H3. The fourth-order valence-electron chi connectivity index (χ4n) is 1.19. The molecule has 2 saturated heterocycles. The highest BCUT2D eigenvalue weighted by molar-refractivity contribution is 4.97. The third-order valence-electron chi connectivity index (χ3n) is 1.94. The smallest absolute Gasteiger partial charge is 0.0880 e. The van der Waals surface area contributed by atoms with Gasteiger partial charge in [-0.3, -0.25) is 4.90 Å². The zero-order valence-electron chi connectivity index (χ0n) is 6.42. The Hall–Kier alpha value is -0.0800. The summed E-state index contributed by atoms with van der Waals surface area (Å²) in [6, 6.07) is 0.792. The SMILES string of the molecule is CC.CN1CC2OCC21. The van der Waals surface area contributed by atoms with E-state index in [0.29, 0.717) is 6.10 Å². The van der Waals surface area contributed by atoms with E-state index in [1.165, 1.54) is 0 Å². The van der Waals surface area contributed by atoms with Crippen LogP contribution in [0.15, 0.2) is 0 Å². The molecule has 9 heavy (non-hydrogen) atoms. The molecular formula is C7H15NO. The van der Waals surface area contributed by atoms with E-state index in [1.807, 2.05) is 13.8 Å². The van der Waals surface area contributed by atoms with Gasteiger partial charge in [-0.1, -0.05) is 13.8 Å². The van der Waals surface area contributed by atoms with Crippen LogP contribution in [0.25, 0.3) is 0 Å². The van der Waals surface area contributed by atoms with Gasteiger partial charge in [-0.15, -0.1) is 0 Å². The number of ether oxygens (including phenoxy) is 1. The summed E-state index contributed by atoms with van der Waals surface area (Å²) in [7, 11) is 2.14. The Morgan fingerprint density at radius 2 is 2.11 bits per heavy atom. The molecule has 0 aromatic carbocycles. The number of nitrogens with zero attached hydrogens (tertiary/aromatic N) is 1. The van der Waals surface area contributed by atoms with Crippen molar-refractivity contribution in [1.29, 1.82) is 0 Å². The van der Waals surface area contributed by atoms with Gasteiger partial charge in [-0.25, -0.2) is 0 Å². The molecule has 0 aromatic heterocycles. The fourth-order valence-corrected chi connectivity index (χ4v) is 1.19. The molecular weight excluding hydrogens is 114 g/mol. The molecule has 2 aliphatic heterocycles. The number of morpholine rings is 1. The summed E-state index contributed by atoms with van der Waals surface area (Å²) in [5.41, 5.74) is 0. The molecule has 0 radical (unpaired) electrons. The van der Waals surface area contributed by atoms with Gasteiger partial charge in [0.25, 0.3) is 0 Å². The maximum absolute atomic E-state index is 5.16. The van der Waals surface area contributed by atoms with Crippen molar-refractivity contribution in [3.05, 3.63) is 0 Å². The van der Waals surface area contributed by atoms with Crippen LogP contribution in [-0.2, 0) is 4.74 Å². The third-order valence-corrected chi connectivity index (χ3v) is 1.94. The maximum atomic E-state index is 5.16. The second kappa shape index (κ2) is 2.67. The van der Waals surface area contributed by atoms with E-state index in [0.717, 1.165) is 19.2 Å². The first kappa shape index (κ1) is 7.03. The fraction of sp³-hybridized carbons (Fsp3) is 1.00. The molecule has 2 aliphatic rings. The van der Waals surface area contributed by atoms with E-state index < -0.39 is 0 Å². The molecule has 2 nitrogen and oxygen atoms in total. The molecule has 54 valence electrons. The van der Waals surface area contributed by atoms with Crippen LogP contribution in [0.3, 0.4) is 0 Å². The van der Waals surface area contributed by atoms with Gasteiger partial charge in [-0.2, -0.15) is 0 Å². The van der Waals surface area contributed by atoms with E-state index >= 15 is 0 Å². The Labute approximate surface area is 56.8 Å². The zero-order chi connectivity index (χ0) is 6.85. The predicted molar refractivity (Wildman–Crippen MR) is 37.5 cm³/mol. The first-order valence-electron chi connectivity index (χ1n) is 3.70. The highest BCUT2D eigenvalue weighted by Crippen LogP contribution is 2.27. The van der Waals surface area contributed by atoms with E-state index in [4.69, 9.17) is 4.74 Å². The number of rotatable bonds is 0. The number of hydrogen-bond donors (Lipinski definition) is 0. The van der Waals surface area contributed by atoms with E-state index in [1.54, 1.807) is 0 Å². The number of fused-ring (bicyclic) bond motifs is 1. The van der Waals surface area contributed by atoms with Gasteiger partial charge in [0.15, 0.2) is 0 Å². The largest absolute Gasteiger partial charge is 0.373 e. The minimum Gasteiger partial charge on any atom is -0.373 e. The molecule has 0 spiro atoms. The molecule has 2 rings (SSSR count). The minimum absolute atomic E-state index is 0.616. The molecule has 2 heterocycles. The second-order valence-corrected chi connectivity index (χ2v) is 2.38. The van der Waals surface area contributed by atoms with Crippen LogP contribution < -0.4 is 0 Å². The average Bonchev–Trinajstić information content (AvgIpc) is 1.87. The number of likely N-dealkylation sites (tertiary alicyclic amines) is 1. The van der Waals surface area contributed by atoms with Crippen LogP contribution >= 0.6 is 0 Å². The summed E-state index contributed by atoms with van der Waals surface area (Å²) in [4.78, 5) is 2.33. The topological polar surface area (TPSA) is 12.5 Å². The molecule has 2 heteroatoms. The van der Waals surface area contributed by atoms with Crippen LogP contribution in [0.4, 0.5) is 0 Å². The molecule has 0 aliphatic carbocycles. The third kappa shape index (κ3) is 0.970. The van der Waals surface area contributed by atoms with E-state index in [2.05, 4.69) is 11.9 Å². The van der Waals surface area contributed by atoms with Gasteiger partial charge in [-0.05, 0) is 7.05 Å². The number of likely N-dealkylation sites (N-methyl/N-ethyl adjacent to an activating group) is 1. The van der Waals surface area contributed by atoms with Crippen molar-refractivity contribution in [2.45, 2.75) is 26.0 Å². The monoisotopic (exact) mass is 129 g/mol. The van der Waals surface area contributed by atoms with Crippen LogP contribution in [-0.4, -0.2) is 37.2 Å². The Morgan fingerprint density at radius 3 is 2.11 bits per heavy atom. The summed E-state index contributed by atoms with van der Waals surface area (Å²) >= 11 is 0. The first-order valence-corrected chi connectivity index (χ1v) is 3.70. The van der Waals surface area contributed by atoms with Crippen LogP contribution in [0.1, 0.15) is 13.8 Å². The molecule has 0 aromatic rings.